The molecule has 0 spiro atoms. The largest absolute Gasteiger partial charge is 0.494 e. The summed E-state index contributed by atoms with van der Waals surface area (Å²) in [4.78, 5) is 19.3. The second-order valence-electron chi connectivity index (χ2n) is 10.5. The molecule has 3 heterocycles. The summed E-state index contributed by atoms with van der Waals surface area (Å²) < 4.78 is 18.1. The first-order valence-corrected chi connectivity index (χ1v) is 11.2. The van der Waals surface area contributed by atoms with E-state index in [4.69, 9.17) is 19.0 Å². The van der Waals surface area contributed by atoms with Crippen molar-refractivity contribution >= 4 is 18.7 Å². The van der Waals surface area contributed by atoms with E-state index in [1.165, 1.54) is 0 Å². The number of amides is 1. The molecule has 0 aliphatic carbocycles. The third-order valence-corrected chi connectivity index (χ3v) is 6.30. The zero-order chi connectivity index (χ0) is 22.3. The van der Waals surface area contributed by atoms with Gasteiger partial charge in [0.1, 0.15) is 5.60 Å². The molecule has 1 atom stereocenters. The van der Waals surface area contributed by atoms with Gasteiger partial charge < -0.3 is 18.9 Å². The van der Waals surface area contributed by atoms with Crippen LogP contribution in [0.3, 0.4) is 0 Å². The zero-order valence-corrected chi connectivity index (χ0v) is 19.9. The van der Waals surface area contributed by atoms with E-state index in [0.717, 1.165) is 42.7 Å². The van der Waals surface area contributed by atoms with E-state index < -0.39 is 12.7 Å². The van der Waals surface area contributed by atoms with Gasteiger partial charge in [0.15, 0.2) is 0 Å². The SMILES string of the molecule is CCc1cc(B2OC(C)(C)C(C)(C)O2)cc(C2CCCN(C(=O)OC(C)(C)C)C2)n1. The van der Waals surface area contributed by atoms with E-state index in [0.29, 0.717) is 6.54 Å². The smallest absolute Gasteiger partial charge is 0.444 e. The summed E-state index contributed by atoms with van der Waals surface area (Å²) in [6.45, 7) is 17.4. The molecular formula is C23H37BN2O4. The van der Waals surface area contributed by atoms with Crippen molar-refractivity contribution in [3.63, 3.8) is 0 Å². The van der Waals surface area contributed by atoms with Crippen molar-refractivity contribution in [1.82, 2.24) is 9.88 Å². The highest BCUT2D eigenvalue weighted by molar-refractivity contribution is 6.62. The van der Waals surface area contributed by atoms with Gasteiger partial charge in [0, 0.05) is 30.4 Å². The van der Waals surface area contributed by atoms with E-state index in [-0.39, 0.29) is 23.2 Å². The van der Waals surface area contributed by atoms with Gasteiger partial charge >= 0.3 is 13.2 Å². The standard InChI is InChI=1S/C23H37BN2O4/c1-9-18-13-17(24-29-22(5,6)23(7,8)30-24)14-19(25-18)16-11-10-12-26(15-16)20(27)28-21(2,3)4/h13-14,16H,9-12,15H2,1-8H3. The van der Waals surface area contributed by atoms with Crippen LogP contribution in [0.4, 0.5) is 4.79 Å². The number of carbonyl (C=O) groups is 1. The number of hydrogen-bond donors (Lipinski definition) is 0. The second kappa shape index (κ2) is 8.15. The number of rotatable bonds is 3. The quantitative estimate of drug-likeness (QED) is 0.696. The first kappa shape index (κ1) is 23.1. The summed E-state index contributed by atoms with van der Waals surface area (Å²) in [6.07, 6.45) is 2.53. The maximum absolute atomic E-state index is 12.6. The van der Waals surface area contributed by atoms with Gasteiger partial charge in [-0.25, -0.2) is 4.79 Å². The molecule has 0 saturated carbocycles. The third-order valence-electron chi connectivity index (χ3n) is 6.30. The van der Waals surface area contributed by atoms with Crippen molar-refractivity contribution < 1.29 is 18.8 Å². The fourth-order valence-electron chi connectivity index (χ4n) is 3.85. The minimum absolute atomic E-state index is 0.180. The Morgan fingerprint density at radius 1 is 1.23 bits per heavy atom. The Hall–Kier alpha value is -1.60. The maximum atomic E-state index is 12.6. The number of pyridine rings is 1. The fourth-order valence-corrected chi connectivity index (χ4v) is 3.85. The van der Waals surface area contributed by atoms with E-state index in [9.17, 15) is 4.79 Å². The highest BCUT2D eigenvalue weighted by Crippen LogP contribution is 2.37. The molecule has 30 heavy (non-hydrogen) atoms. The predicted octanol–water partition coefficient (Wildman–Crippen LogP) is 4.06. The van der Waals surface area contributed by atoms with Crippen LogP contribution in [-0.2, 0) is 20.5 Å². The van der Waals surface area contributed by atoms with Crippen molar-refractivity contribution in [2.24, 2.45) is 0 Å². The van der Waals surface area contributed by atoms with Crippen molar-refractivity contribution in [2.75, 3.05) is 13.1 Å². The van der Waals surface area contributed by atoms with Crippen LogP contribution in [0.25, 0.3) is 0 Å². The first-order valence-electron chi connectivity index (χ1n) is 11.2. The van der Waals surface area contributed by atoms with Crippen LogP contribution >= 0.6 is 0 Å². The number of ether oxygens (including phenoxy) is 1. The van der Waals surface area contributed by atoms with Crippen LogP contribution in [0.2, 0.25) is 0 Å². The minimum Gasteiger partial charge on any atom is -0.444 e. The summed E-state index contributed by atoms with van der Waals surface area (Å²) in [7, 11) is -0.410. The van der Waals surface area contributed by atoms with E-state index in [1.807, 2.05) is 25.7 Å². The molecule has 2 saturated heterocycles. The van der Waals surface area contributed by atoms with Crippen molar-refractivity contribution in [3.05, 3.63) is 23.5 Å². The lowest BCUT2D eigenvalue weighted by Gasteiger charge is -2.34. The zero-order valence-electron chi connectivity index (χ0n) is 19.9. The monoisotopic (exact) mass is 416 g/mol. The van der Waals surface area contributed by atoms with Crippen LogP contribution in [0.5, 0.6) is 0 Å². The Morgan fingerprint density at radius 3 is 2.43 bits per heavy atom. The highest BCUT2D eigenvalue weighted by Gasteiger charge is 2.52. The van der Waals surface area contributed by atoms with Crippen LogP contribution < -0.4 is 5.46 Å². The summed E-state index contributed by atoms with van der Waals surface area (Å²) in [5.74, 6) is 0.180. The molecule has 0 bridgehead atoms. The second-order valence-corrected chi connectivity index (χ2v) is 10.5. The summed E-state index contributed by atoms with van der Waals surface area (Å²) in [5.41, 5.74) is 1.77. The van der Waals surface area contributed by atoms with Crippen molar-refractivity contribution in [1.29, 1.82) is 0 Å². The van der Waals surface area contributed by atoms with Gasteiger partial charge in [-0.05, 0) is 85.3 Å². The maximum Gasteiger partial charge on any atom is 0.494 e. The van der Waals surface area contributed by atoms with Crippen LogP contribution in [0.15, 0.2) is 12.1 Å². The molecule has 166 valence electrons. The molecule has 2 fully saturated rings. The first-order chi connectivity index (χ1) is 13.8. The highest BCUT2D eigenvalue weighted by atomic mass is 16.7. The van der Waals surface area contributed by atoms with Gasteiger partial charge in [0.05, 0.1) is 11.2 Å². The number of carbonyl (C=O) groups excluding carboxylic acids is 1. The van der Waals surface area contributed by atoms with Crippen LogP contribution in [0, 0.1) is 0 Å². The Bertz CT molecular complexity index is 772. The number of hydrogen-bond acceptors (Lipinski definition) is 5. The summed E-state index contributed by atoms with van der Waals surface area (Å²) >= 11 is 0. The Morgan fingerprint density at radius 2 is 1.87 bits per heavy atom. The molecule has 1 aromatic rings. The minimum atomic E-state index is -0.492. The molecule has 0 radical (unpaired) electrons. The van der Waals surface area contributed by atoms with E-state index in [1.54, 1.807) is 0 Å². The molecular weight excluding hydrogens is 379 g/mol. The van der Waals surface area contributed by atoms with Crippen molar-refractivity contribution in [3.8, 4) is 0 Å². The van der Waals surface area contributed by atoms with Gasteiger partial charge in [-0.15, -0.1) is 0 Å². The van der Waals surface area contributed by atoms with Gasteiger partial charge in [-0.2, -0.15) is 0 Å². The average molecular weight is 416 g/mol. The predicted molar refractivity (Wildman–Crippen MR) is 119 cm³/mol. The van der Waals surface area contributed by atoms with Crippen molar-refractivity contribution in [2.45, 2.75) is 97.4 Å². The topological polar surface area (TPSA) is 60.9 Å². The lowest BCUT2D eigenvalue weighted by atomic mass is 9.77. The summed E-state index contributed by atoms with van der Waals surface area (Å²) in [5, 5.41) is 0. The van der Waals surface area contributed by atoms with Gasteiger partial charge in [0.2, 0.25) is 0 Å². The summed E-state index contributed by atoms with van der Waals surface area (Å²) in [6, 6.07) is 4.19. The Kier molecular flexibility index (Phi) is 6.27. The number of aryl methyl sites for hydroxylation is 1. The number of nitrogens with zero attached hydrogens (tertiary/aromatic N) is 2. The molecule has 0 N–H and O–H groups in total. The number of piperidine rings is 1. The molecule has 7 heteroatoms. The Balaban J connectivity index is 1.82. The van der Waals surface area contributed by atoms with Gasteiger partial charge in [-0.1, -0.05) is 6.92 Å². The molecule has 1 amide bonds. The molecule has 2 aliphatic rings. The van der Waals surface area contributed by atoms with E-state index >= 15 is 0 Å². The van der Waals surface area contributed by atoms with Gasteiger partial charge in [-0.3, -0.25) is 4.98 Å². The number of likely N-dealkylation sites (tertiary alicyclic amines) is 1. The lowest BCUT2D eigenvalue weighted by Crippen LogP contribution is -2.43. The van der Waals surface area contributed by atoms with Gasteiger partial charge in [0.25, 0.3) is 0 Å². The fraction of sp³-hybridized carbons (Fsp3) is 0.739. The van der Waals surface area contributed by atoms with Crippen LogP contribution in [0.1, 0.15) is 85.5 Å². The van der Waals surface area contributed by atoms with E-state index in [2.05, 4.69) is 46.8 Å². The Labute approximate surface area is 181 Å². The normalized spacial score (nSPS) is 23.5. The number of aromatic nitrogens is 1. The molecule has 1 aromatic heterocycles. The molecule has 3 rings (SSSR count). The average Bonchev–Trinajstić information content (AvgIpc) is 2.87. The molecule has 6 nitrogen and oxygen atoms in total. The lowest BCUT2D eigenvalue weighted by molar-refractivity contribution is 0.00578. The molecule has 2 aliphatic heterocycles. The molecule has 0 aromatic carbocycles. The molecule has 1 unspecified atom stereocenters. The van der Waals surface area contributed by atoms with Crippen LogP contribution in [-0.4, -0.2) is 53.0 Å². The third kappa shape index (κ3) is 5.00.